The number of guanidine groups is 1. The lowest BCUT2D eigenvalue weighted by Crippen LogP contribution is -2.40. The summed E-state index contributed by atoms with van der Waals surface area (Å²) >= 11 is 0. The van der Waals surface area contributed by atoms with Crippen molar-refractivity contribution in [1.29, 1.82) is 0 Å². The zero-order valence-electron chi connectivity index (χ0n) is 18.0. The third-order valence-corrected chi connectivity index (χ3v) is 5.10. The Morgan fingerprint density at radius 2 is 1.93 bits per heavy atom. The number of aliphatic imine (C=N–C) groups is 1. The van der Waals surface area contributed by atoms with Gasteiger partial charge >= 0.3 is 0 Å². The minimum absolute atomic E-state index is 0.487. The van der Waals surface area contributed by atoms with Crippen LogP contribution in [-0.2, 0) is 11.2 Å². The van der Waals surface area contributed by atoms with Gasteiger partial charge in [0.05, 0.1) is 20.3 Å². The van der Waals surface area contributed by atoms with Gasteiger partial charge in [0, 0.05) is 33.3 Å². The Morgan fingerprint density at radius 3 is 2.61 bits per heavy atom. The highest BCUT2D eigenvalue weighted by Crippen LogP contribution is 2.27. The fourth-order valence-corrected chi connectivity index (χ4v) is 3.46. The summed E-state index contributed by atoms with van der Waals surface area (Å²) in [5.74, 6) is 2.48. The van der Waals surface area contributed by atoms with Crippen LogP contribution < -0.4 is 14.8 Å². The summed E-state index contributed by atoms with van der Waals surface area (Å²) in [5, 5.41) is 3.38. The highest BCUT2D eigenvalue weighted by atomic mass is 16.5. The molecule has 6 heteroatoms. The quantitative estimate of drug-likeness (QED) is 0.355. The zero-order valence-corrected chi connectivity index (χ0v) is 18.0. The summed E-state index contributed by atoms with van der Waals surface area (Å²) in [6.07, 6.45) is 7.45. The lowest BCUT2D eigenvalue weighted by Gasteiger charge is -2.22. The van der Waals surface area contributed by atoms with E-state index in [9.17, 15) is 0 Å². The molecule has 6 nitrogen and oxygen atoms in total. The predicted molar refractivity (Wildman–Crippen MR) is 115 cm³/mol. The van der Waals surface area contributed by atoms with Gasteiger partial charge in [0.15, 0.2) is 17.5 Å². The van der Waals surface area contributed by atoms with Crippen molar-refractivity contribution in [3.8, 4) is 11.5 Å². The van der Waals surface area contributed by atoms with Gasteiger partial charge in [0.25, 0.3) is 0 Å². The largest absolute Gasteiger partial charge is 0.493 e. The lowest BCUT2D eigenvalue weighted by atomic mass is 10.1. The zero-order chi connectivity index (χ0) is 20.2. The molecule has 28 heavy (non-hydrogen) atoms. The molecule has 1 aromatic carbocycles. The van der Waals surface area contributed by atoms with E-state index in [4.69, 9.17) is 19.2 Å². The van der Waals surface area contributed by atoms with Crippen molar-refractivity contribution in [3.05, 3.63) is 23.8 Å². The van der Waals surface area contributed by atoms with E-state index >= 15 is 0 Å². The van der Waals surface area contributed by atoms with Crippen molar-refractivity contribution in [2.45, 2.75) is 51.6 Å². The molecule has 158 valence electrons. The molecule has 1 aliphatic rings. The van der Waals surface area contributed by atoms with Crippen LogP contribution in [0.1, 0.15) is 44.6 Å². The van der Waals surface area contributed by atoms with E-state index in [1.165, 1.54) is 31.2 Å². The van der Waals surface area contributed by atoms with Gasteiger partial charge in [-0.25, -0.2) is 0 Å². The van der Waals surface area contributed by atoms with E-state index in [1.807, 2.05) is 12.1 Å². The molecule has 0 unspecified atom stereocenters. The summed E-state index contributed by atoms with van der Waals surface area (Å²) in [6.45, 7) is 5.43. The molecule has 0 heterocycles. The number of benzene rings is 1. The predicted octanol–water partition coefficient (Wildman–Crippen LogP) is 3.49. The molecule has 0 aromatic heterocycles. The maximum Gasteiger partial charge on any atom is 0.193 e. The number of hydrogen-bond acceptors (Lipinski definition) is 4. The van der Waals surface area contributed by atoms with Gasteiger partial charge in [-0.3, -0.25) is 4.99 Å². The Balaban J connectivity index is 1.79. The number of likely N-dealkylation sites (N-methyl/N-ethyl adjacent to an activating group) is 1. The Kier molecular flexibility index (Phi) is 9.97. The van der Waals surface area contributed by atoms with Gasteiger partial charge in [-0.05, 0) is 50.3 Å². The molecular formula is C22H37N3O3. The minimum atomic E-state index is 0.487. The highest BCUT2D eigenvalue weighted by Gasteiger charge is 2.14. The van der Waals surface area contributed by atoms with Gasteiger partial charge in [-0.1, -0.05) is 18.9 Å². The van der Waals surface area contributed by atoms with E-state index in [2.05, 4.69) is 30.3 Å². The average molecular weight is 392 g/mol. The first-order valence-electron chi connectivity index (χ1n) is 10.5. The van der Waals surface area contributed by atoms with E-state index < -0.39 is 0 Å². The molecule has 1 saturated carbocycles. The first kappa shape index (κ1) is 22.3. The van der Waals surface area contributed by atoms with E-state index in [-0.39, 0.29) is 0 Å². The van der Waals surface area contributed by atoms with Gasteiger partial charge in [0.2, 0.25) is 0 Å². The molecule has 0 spiro atoms. The maximum absolute atomic E-state index is 5.93. The Labute approximate surface area is 170 Å². The van der Waals surface area contributed by atoms with Gasteiger partial charge in [-0.2, -0.15) is 0 Å². The molecule has 0 radical (unpaired) electrons. The van der Waals surface area contributed by atoms with Crippen molar-refractivity contribution >= 4 is 5.96 Å². The third-order valence-electron chi connectivity index (χ3n) is 5.10. The molecule has 0 atom stereocenters. The van der Waals surface area contributed by atoms with Crippen LogP contribution >= 0.6 is 0 Å². The second kappa shape index (κ2) is 12.5. The lowest BCUT2D eigenvalue weighted by molar-refractivity contribution is 0.0579. The second-order valence-electron chi connectivity index (χ2n) is 7.23. The molecule has 1 N–H and O–H groups in total. The molecule has 1 aromatic rings. The number of hydrogen-bond donors (Lipinski definition) is 1. The average Bonchev–Trinajstić information content (AvgIpc) is 3.24. The van der Waals surface area contributed by atoms with Crippen molar-refractivity contribution in [1.82, 2.24) is 10.2 Å². The standard InChI is InChI=1S/C22H37N3O3/c1-5-23-22(24-14-8-16-28-19-9-6-7-10-19)25(2)15-13-18-11-12-20(26-3)21(17-18)27-4/h11-12,17,19H,5-10,13-16H2,1-4H3,(H,23,24). The van der Waals surface area contributed by atoms with Crippen molar-refractivity contribution in [3.63, 3.8) is 0 Å². The Morgan fingerprint density at radius 1 is 1.18 bits per heavy atom. The van der Waals surface area contributed by atoms with Crippen LogP contribution in [-0.4, -0.2) is 64.5 Å². The molecule has 0 aliphatic heterocycles. The Bertz CT molecular complexity index is 601. The Hall–Kier alpha value is -1.95. The van der Waals surface area contributed by atoms with E-state index in [0.717, 1.165) is 56.5 Å². The highest BCUT2D eigenvalue weighted by molar-refractivity contribution is 5.79. The summed E-state index contributed by atoms with van der Waals surface area (Å²) in [7, 11) is 5.40. The fourth-order valence-electron chi connectivity index (χ4n) is 3.46. The monoisotopic (exact) mass is 391 g/mol. The SMILES string of the molecule is CCNC(=NCCCOC1CCCC1)N(C)CCc1ccc(OC)c(OC)c1. The van der Waals surface area contributed by atoms with Crippen LogP contribution in [0.5, 0.6) is 11.5 Å². The van der Waals surface area contributed by atoms with Gasteiger partial charge < -0.3 is 24.4 Å². The van der Waals surface area contributed by atoms with Gasteiger partial charge in [-0.15, -0.1) is 0 Å². The molecule has 0 saturated heterocycles. The summed E-state index contributed by atoms with van der Waals surface area (Å²) in [4.78, 5) is 6.94. The number of methoxy groups -OCH3 is 2. The number of ether oxygens (including phenoxy) is 3. The molecular weight excluding hydrogens is 354 g/mol. The van der Waals surface area contributed by atoms with Crippen LogP contribution in [0.4, 0.5) is 0 Å². The van der Waals surface area contributed by atoms with Gasteiger partial charge in [0.1, 0.15) is 0 Å². The molecule has 0 bridgehead atoms. The molecule has 2 rings (SSSR count). The minimum Gasteiger partial charge on any atom is -0.493 e. The maximum atomic E-state index is 5.93. The first-order chi connectivity index (χ1) is 13.7. The summed E-state index contributed by atoms with van der Waals surface area (Å²) in [6, 6.07) is 6.08. The summed E-state index contributed by atoms with van der Waals surface area (Å²) < 4.78 is 16.6. The molecule has 0 amide bonds. The van der Waals surface area contributed by atoms with Crippen molar-refractivity contribution < 1.29 is 14.2 Å². The second-order valence-corrected chi connectivity index (χ2v) is 7.23. The van der Waals surface area contributed by atoms with E-state index in [0.29, 0.717) is 6.10 Å². The topological polar surface area (TPSA) is 55.3 Å². The number of nitrogens with zero attached hydrogens (tertiary/aromatic N) is 2. The number of rotatable bonds is 11. The van der Waals surface area contributed by atoms with Crippen LogP contribution in [0.25, 0.3) is 0 Å². The van der Waals surface area contributed by atoms with Crippen LogP contribution in [0, 0.1) is 0 Å². The van der Waals surface area contributed by atoms with Crippen LogP contribution in [0.3, 0.4) is 0 Å². The molecule has 1 fully saturated rings. The third kappa shape index (κ3) is 7.23. The number of nitrogens with one attached hydrogen (secondary N) is 1. The smallest absolute Gasteiger partial charge is 0.193 e. The fraction of sp³-hybridized carbons (Fsp3) is 0.682. The normalized spacial score (nSPS) is 14.9. The molecule has 1 aliphatic carbocycles. The first-order valence-corrected chi connectivity index (χ1v) is 10.5. The van der Waals surface area contributed by atoms with E-state index in [1.54, 1.807) is 14.2 Å². The van der Waals surface area contributed by atoms with Crippen LogP contribution in [0.2, 0.25) is 0 Å². The summed E-state index contributed by atoms with van der Waals surface area (Å²) in [5.41, 5.74) is 1.21. The van der Waals surface area contributed by atoms with Crippen LogP contribution in [0.15, 0.2) is 23.2 Å². The van der Waals surface area contributed by atoms with Crippen molar-refractivity contribution in [2.75, 3.05) is 47.5 Å². The van der Waals surface area contributed by atoms with Crippen molar-refractivity contribution in [2.24, 2.45) is 4.99 Å².